The molecule has 0 saturated carbocycles. The fourth-order valence-electron chi connectivity index (χ4n) is 2.99. The molecule has 2 aromatic rings. The van der Waals surface area contributed by atoms with Crippen LogP contribution in [-0.2, 0) is 11.2 Å². The second kappa shape index (κ2) is 12.0. The number of anilines is 1. The highest BCUT2D eigenvalue weighted by Crippen LogP contribution is 2.20. The first-order valence-corrected chi connectivity index (χ1v) is 10.1. The Morgan fingerprint density at radius 3 is 2.31 bits per heavy atom. The van der Waals surface area contributed by atoms with Gasteiger partial charge < -0.3 is 20.7 Å². The second-order valence-corrected chi connectivity index (χ2v) is 7.29. The van der Waals surface area contributed by atoms with Crippen molar-refractivity contribution in [3.63, 3.8) is 0 Å². The van der Waals surface area contributed by atoms with Crippen LogP contribution in [-0.4, -0.2) is 36.5 Å². The molecule has 0 bridgehead atoms. The van der Waals surface area contributed by atoms with Gasteiger partial charge in [0.2, 0.25) is 6.41 Å². The Labute approximate surface area is 177 Å². The molecule has 0 aliphatic carbocycles. The molecule has 0 atom stereocenters. The predicted molar refractivity (Wildman–Crippen MR) is 116 cm³/mol. The van der Waals surface area contributed by atoms with Gasteiger partial charge in [0.25, 0.3) is 0 Å². The summed E-state index contributed by atoms with van der Waals surface area (Å²) in [5.74, 6) is 0.750. The highest BCUT2D eigenvalue weighted by Gasteiger charge is 2.19. The van der Waals surface area contributed by atoms with Gasteiger partial charge in [0, 0.05) is 36.6 Å². The van der Waals surface area contributed by atoms with Gasteiger partial charge in [-0.2, -0.15) is 0 Å². The van der Waals surface area contributed by atoms with Crippen molar-refractivity contribution in [3.05, 3.63) is 59.1 Å². The smallest absolute Gasteiger partial charge is 0.316 e. The van der Waals surface area contributed by atoms with Gasteiger partial charge in [0.05, 0.1) is 0 Å². The number of likely N-dealkylation sites (tertiary alicyclic amines) is 1. The van der Waals surface area contributed by atoms with Gasteiger partial charge in [-0.25, -0.2) is 4.79 Å². The number of nitrogens with two attached hydrogens (primary N) is 1. The number of halogens is 1. The summed E-state index contributed by atoms with van der Waals surface area (Å²) >= 11 is 5.71. The van der Waals surface area contributed by atoms with Crippen LogP contribution in [0.4, 0.5) is 10.5 Å². The number of nitrogens with one attached hydrogen (secondary N) is 1. The summed E-state index contributed by atoms with van der Waals surface area (Å²) in [7, 11) is 0. The van der Waals surface area contributed by atoms with Crippen LogP contribution in [0.25, 0.3) is 0 Å². The number of carbonyl (C=O) groups is 2. The van der Waals surface area contributed by atoms with E-state index in [0.717, 1.165) is 49.5 Å². The maximum atomic E-state index is 10.7. The van der Waals surface area contributed by atoms with Crippen LogP contribution in [0.5, 0.6) is 5.75 Å². The van der Waals surface area contributed by atoms with Gasteiger partial charge in [0.15, 0.2) is 0 Å². The van der Waals surface area contributed by atoms with Gasteiger partial charge in [0.1, 0.15) is 11.9 Å². The molecule has 7 heteroatoms. The Kier molecular flexibility index (Phi) is 9.31. The van der Waals surface area contributed by atoms with E-state index in [9.17, 15) is 9.59 Å². The van der Waals surface area contributed by atoms with E-state index >= 15 is 0 Å². The maximum absolute atomic E-state index is 10.7. The molecule has 156 valence electrons. The van der Waals surface area contributed by atoms with E-state index in [-0.39, 0.29) is 6.10 Å². The lowest BCUT2D eigenvalue weighted by atomic mass is 10.1. The Bertz CT molecular complexity index is 758. The van der Waals surface area contributed by atoms with E-state index in [4.69, 9.17) is 22.1 Å². The maximum Gasteiger partial charge on any atom is 0.316 e. The zero-order valence-electron chi connectivity index (χ0n) is 16.6. The lowest BCUT2D eigenvalue weighted by Crippen LogP contribution is -2.37. The number of hydrogen-bond acceptors (Lipinski definition) is 3. The number of hydrogen-bond donors (Lipinski definition) is 2. The summed E-state index contributed by atoms with van der Waals surface area (Å²) in [5.41, 5.74) is 7.03. The van der Waals surface area contributed by atoms with Crippen molar-refractivity contribution in [2.24, 2.45) is 5.73 Å². The zero-order chi connectivity index (χ0) is 21.1. The number of carbonyl (C=O) groups excluding carboxylic acids is 2. The van der Waals surface area contributed by atoms with Gasteiger partial charge in [-0.3, -0.25) is 4.79 Å². The molecule has 3 rings (SSSR count). The van der Waals surface area contributed by atoms with E-state index in [1.54, 1.807) is 29.2 Å². The molecule has 0 unspecified atom stereocenters. The van der Waals surface area contributed by atoms with Crippen molar-refractivity contribution >= 4 is 29.7 Å². The van der Waals surface area contributed by atoms with E-state index in [1.807, 2.05) is 12.1 Å². The van der Waals surface area contributed by atoms with E-state index in [0.29, 0.717) is 5.69 Å². The predicted octanol–water partition coefficient (Wildman–Crippen LogP) is 4.47. The lowest BCUT2D eigenvalue weighted by molar-refractivity contribution is -0.119. The van der Waals surface area contributed by atoms with Crippen molar-refractivity contribution in [2.75, 3.05) is 18.4 Å². The first-order valence-electron chi connectivity index (χ1n) is 9.77. The Morgan fingerprint density at radius 2 is 1.79 bits per heavy atom. The second-order valence-electron chi connectivity index (χ2n) is 6.85. The fourth-order valence-corrected chi connectivity index (χ4v) is 3.12. The van der Waals surface area contributed by atoms with Crippen LogP contribution in [0.3, 0.4) is 0 Å². The zero-order valence-corrected chi connectivity index (χ0v) is 17.4. The largest absolute Gasteiger partial charge is 0.490 e. The van der Waals surface area contributed by atoms with Crippen LogP contribution in [0.2, 0.25) is 5.02 Å². The number of piperidine rings is 1. The van der Waals surface area contributed by atoms with Crippen LogP contribution in [0.1, 0.15) is 31.7 Å². The average Bonchev–Trinajstić information content (AvgIpc) is 2.72. The number of aryl methyl sites for hydroxylation is 1. The summed E-state index contributed by atoms with van der Waals surface area (Å²) in [6.07, 6.45) is 5.02. The van der Waals surface area contributed by atoms with E-state index in [1.165, 1.54) is 12.0 Å². The summed E-state index contributed by atoms with van der Waals surface area (Å²) in [4.78, 5) is 23.0. The molecule has 3 N–H and O–H groups in total. The van der Waals surface area contributed by atoms with Crippen molar-refractivity contribution in [1.29, 1.82) is 0 Å². The number of primary amides is 1. The van der Waals surface area contributed by atoms with Crippen LogP contribution in [0, 0.1) is 0 Å². The molecule has 1 aliphatic heterocycles. The molecular formula is C22H28ClN3O3. The first-order chi connectivity index (χ1) is 14.0. The van der Waals surface area contributed by atoms with Crippen LogP contribution >= 0.6 is 11.6 Å². The number of ether oxygens (including phenoxy) is 1. The summed E-state index contributed by atoms with van der Waals surface area (Å²) in [6, 6.07) is 14.5. The third kappa shape index (κ3) is 8.44. The van der Waals surface area contributed by atoms with E-state index in [2.05, 4.69) is 24.4 Å². The van der Waals surface area contributed by atoms with Gasteiger partial charge >= 0.3 is 6.03 Å². The molecule has 1 aliphatic rings. The molecule has 0 radical (unpaired) electrons. The first kappa shape index (κ1) is 22.6. The standard InChI is InChI=1S/C13H17N3O3.C9H11Cl/c14-13(18)15-10-1-3-11(4-2-10)19-12-5-7-16(9-17)8-6-12;1-2-3-8-4-6-9(10)7-5-8/h1-4,9,12H,5-8H2,(H3,14,15,18);4-7H,2-3H2,1H3. The lowest BCUT2D eigenvalue weighted by Gasteiger charge is -2.29. The molecule has 1 heterocycles. The molecule has 1 fully saturated rings. The molecule has 1 saturated heterocycles. The SMILES string of the molecule is CCCc1ccc(Cl)cc1.NC(=O)Nc1ccc(OC2CCN(C=O)CC2)cc1. The molecule has 6 nitrogen and oxygen atoms in total. The summed E-state index contributed by atoms with van der Waals surface area (Å²) in [5, 5.41) is 3.31. The van der Waals surface area contributed by atoms with Crippen molar-refractivity contribution in [3.8, 4) is 5.75 Å². The molecule has 0 spiro atoms. The van der Waals surface area contributed by atoms with Gasteiger partial charge in [-0.05, 0) is 48.4 Å². The topological polar surface area (TPSA) is 84.7 Å². The van der Waals surface area contributed by atoms with Crippen molar-refractivity contribution < 1.29 is 14.3 Å². The molecule has 29 heavy (non-hydrogen) atoms. The quantitative estimate of drug-likeness (QED) is 0.680. The highest BCUT2D eigenvalue weighted by molar-refractivity contribution is 6.30. The third-order valence-electron chi connectivity index (χ3n) is 4.50. The number of urea groups is 1. The number of rotatable bonds is 6. The summed E-state index contributed by atoms with van der Waals surface area (Å²) in [6.45, 7) is 3.64. The number of amides is 3. The molecule has 0 aromatic heterocycles. The van der Waals surface area contributed by atoms with Gasteiger partial charge in [-0.1, -0.05) is 37.1 Å². The van der Waals surface area contributed by atoms with Gasteiger partial charge in [-0.15, -0.1) is 0 Å². The Morgan fingerprint density at radius 1 is 1.17 bits per heavy atom. The Hall–Kier alpha value is -2.73. The van der Waals surface area contributed by atoms with E-state index < -0.39 is 6.03 Å². The van der Waals surface area contributed by atoms with Crippen molar-refractivity contribution in [1.82, 2.24) is 4.90 Å². The monoisotopic (exact) mass is 417 g/mol. The van der Waals surface area contributed by atoms with Crippen molar-refractivity contribution in [2.45, 2.75) is 38.7 Å². The normalized spacial score (nSPS) is 13.8. The summed E-state index contributed by atoms with van der Waals surface area (Å²) < 4.78 is 5.82. The minimum Gasteiger partial charge on any atom is -0.490 e. The number of nitrogens with zero attached hydrogens (tertiary/aromatic N) is 1. The molecule has 3 amide bonds. The highest BCUT2D eigenvalue weighted by atomic mass is 35.5. The third-order valence-corrected chi connectivity index (χ3v) is 4.75. The minimum absolute atomic E-state index is 0.131. The molecule has 2 aromatic carbocycles. The van der Waals surface area contributed by atoms with Crippen LogP contribution < -0.4 is 15.8 Å². The van der Waals surface area contributed by atoms with Crippen LogP contribution in [0.15, 0.2) is 48.5 Å². The number of benzene rings is 2. The molecular weight excluding hydrogens is 390 g/mol. The minimum atomic E-state index is -0.588. The fraction of sp³-hybridized carbons (Fsp3) is 0.364. The Balaban J connectivity index is 0.000000253. The average molecular weight is 418 g/mol.